The largest absolute Gasteiger partial charge is 0.349 e. The normalized spacial score (nSPS) is 12.0. The van der Waals surface area contributed by atoms with E-state index in [1.807, 2.05) is 31.2 Å². The summed E-state index contributed by atoms with van der Waals surface area (Å²) in [6.07, 6.45) is 0.139. The number of benzene rings is 2. The molecule has 28 heavy (non-hydrogen) atoms. The predicted molar refractivity (Wildman–Crippen MR) is 105 cm³/mol. The van der Waals surface area contributed by atoms with Crippen LogP contribution >= 0.6 is 12.2 Å². The van der Waals surface area contributed by atoms with Gasteiger partial charge in [-0.1, -0.05) is 35.9 Å². The Balaban J connectivity index is 1.67. The summed E-state index contributed by atoms with van der Waals surface area (Å²) in [5.41, 5.74) is 2.25. The quantitative estimate of drug-likeness (QED) is 0.599. The molecule has 3 rings (SSSR count). The number of carbonyl (C=O) groups is 1. The molecular formula is C20H20F2N4OS. The molecule has 0 spiro atoms. The van der Waals surface area contributed by atoms with Crippen molar-refractivity contribution in [3.8, 4) is 11.4 Å². The molecule has 1 amide bonds. The van der Waals surface area contributed by atoms with E-state index in [4.69, 9.17) is 12.2 Å². The highest BCUT2D eigenvalue weighted by molar-refractivity contribution is 7.71. The third kappa shape index (κ3) is 4.51. The van der Waals surface area contributed by atoms with Gasteiger partial charge in [-0.3, -0.25) is 14.5 Å². The lowest BCUT2D eigenvalue weighted by atomic mass is 10.1. The van der Waals surface area contributed by atoms with E-state index in [1.54, 1.807) is 11.5 Å². The van der Waals surface area contributed by atoms with Crippen LogP contribution in [0.25, 0.3) is 11.4 Å². The number of aryl methyl sites for hydroxylation is 1. The molecule has 0 radical (unpaired) electrons. The van der Waals surface area contributed by atoms with Gasteiger partial charge in [-0.05, 0) is 32.1 Å². The number of hydrogen-bond donors (Lipinski definition) is 2. The minimum Gasteiger partial charge on any atom is -0.349 e. The Labute approximate surface area is 166 Å². The lowest BCUT2D eigenvalue weighted by Gasteiger charge is -2.15. The molecule has 0 saturated carbocycles. The molecule has 1 heterocycles. The molecule has 0 aliphatic carbocycles. The van der Waals surface area contributed by atoms with Crippen molar-refractivity contribution in [3.63, 3.8) is 0 Å². The van der Waals surface area contributed by atoms with Gasteiger partial charge in [-0.25, -0.2) is 8.78 Å². The van der Waals surface area contributed by atoms with E-state index in [2.05, 4.69) is 15.5 Å². The van der Waals surface area contributed by atoms with Gasteiger partial charge < -0.3 is 5.32 Å². The van der Waals surface area contributed by atoms with Crippen LogP contribution < -0.4 is 5.32 Å². The Kier molecular flexibility index (Phi) is 5.99. The number of rotatable bonds is 6. The molecule has 2 N–H and O–H groups in total. The lowest BCUT2D eigenvalue weighted by molar-refractivity contribution is -0.121. The summed E-state index contributed by atoms with van der Waals surface area (Å²) in [5.74, 6) is -0.964. The van der Waals surface area contributed by atoms with Crippen LogP contribution in [0.15, 0.2) is 42.5 Å². The number of hydrogen-bond acceptors (Lipinski definition) is 3. The van der Waals surface area contributed by atoms with Crippen LogP contribution in [-0.2, 0) is 11.3 Å². The van der Waals surface area contributed by atoms with E-state index < -0.39 is 17.7 Å². The summed E-state index contributed by atoms with van der Waals surface area (Å²) in [6, 6.07) is 10.5. The first-order valence-corrected chi connectivity index (χ1v) is 9.22. The van der Waals surface area contributed by atoms with Crippen LogP contribution in [0.3, 0.4) is 0 Å². The average Bonchev–Trinajstić information content (AvgIpc) is 3.01. The second-order valence-electron chi connectivity index (χ2n) is 6.58. The molecule has 146 valence electrons. The molecule has 0 fully saturated rings. The van der Waals surface area contributed by atoms with E-state index in [0.29, 0.717) is 17.1 Å². The lowest BCUT2D eigenvalue weighted by Crippen LogP contribution is -2.28. The zero-order valence-corrected chi connectivity index (χ0v) is 16.3. The average molecular weight is 402 g/mol. The van der Waals surface area contributed by atoms with Crippen molar-refractivity contribution in [1.29, 1.82) is 0 Å². The van der Waals surface area contributed by atoms with Crippen LogP contribution in [0.5, 0.6) is 0 Å². The van der Waals surface area contributed by atoms with Crippen molar-refractivity contribution < 1.29 is 13.6 Å². The van der Waals surface area contributed by atoms with E-state index in [0.717, 1.165) is 17.2 Å². The molecular weight excluding hydrogens is 382 g/mol. The first-order chi connectivity index (χ1) is 13.3. The van der Waals surface area contributed by atoms with Crippen LogP contribution in [0.1, 0.15) is 30.5 Å². The van der Waals surface area contributed by atoms with Crippen molar-refractivity contribution in [2.75, 3.05) is 0 Å². The number of halogens is 2. The molecule has 0 saturated heterocycles. The Hall–Kier alpha value is -2.87. The highest BCUT2D eigenvalue weighted by atomic mass is 32.1. The zero-order chi connectivity index (χ0) is 20.3. The summed E-state index contributed by atoms with van der Waals surface area (Å²) in [7, 11) is 0. The van der Waals surface area contributed by atoms with Crippen LogP contribution in [-0.4, -0.2) is 20.7 Å². The molecule has 0 aliphatic rings. The van der Waals surface area contributed by atoms with Crippen molar-refractivity contribution in [2.45, 2.75) is 32.9 Å². The number of aromatic nitrogens is 3. The third-order valence-electron chi connectivity index (χ3n) is 4.44. The molecule has 1 aromatic heterocycles. The molecule has 0 aliphatic heterocycles. The summed E-state index contributed by atoms with van der Waals surface area (Å²) < 4.78 is 29.1. The van der Waals surface area contributed by atoms with E-state index in [9.17, 15) is 13.6 Å². The van der Waals surface area contributed by atoms with Crippen molar-refractivity contribution in [1.82, 2.24) is 20.1 Å². The van der Waals surface area contributed by atoms with Gasteiger partial charge in [0.25, 0.3) is 0 Å². The first kappa shape index (κ1) is 19.9. The fourth-order valence-electron chi connectivity index (χ4n) is 2.91. The maximum absolute atomic E-state index is 13.9. The standard InChI is InChI=1S/C20H20F2N4OS/c1-12-3-5-14(6-4-12)19-24-25-20(28)26(19)10-9-18(27)23-13(2)16-8-7-15(21)11-17(16)22/h3-8,11,13H,9-10H2,1-2H3,(H,23,27)(H,25,28)/t13-/m0/s1. The van der Waals surface area contributed by atoms with Crippen molar-refractivity contribution in [3.05, 3.63) is 70.0 Å². The van der Waals surface area contributed by atoms with Crippen molar-refractivity contribution in [2.24, 2.45) is 0 Å². The fraction of sp³-hybridized carbons (Fsp3) is 0.250. The number of amides is 1. The fourth-order valence-corrected chi connectivity index (χ4v) is 3.13. The van der Waals surface area contributed by atoms with Gasteiger partial charge in [0, 0.05) is 30.2 Å². The topological polar surface area (TPSA) is 62.7 Å². The maximum atomic E-state index is 13.9. The van der Waals surface area contributed by atoms with Gasteiger partial charge >= 0.3 is 0 Å². The SMILES string of the molecule is Cc1ccc(-c2n[nH]c(=S)n2CCC(=O)N[C@@H](C)c2ccc(F)cc2F)cc1. The Morgan fingerprint density at radius 1 is 1.25 bits per heavy atom. The van der Waals surface area contributed by atoms with Crippen LogP contribution in [0, 0.1) is 23.3 Å². The monoisotopic (exact) mass is 402 g/mol. The Morgan fingerprint density at radius 2 is 1.96 bits per heavy atom. The second-order valence-corrected chi connectivity index (χ2v) is 6.96. The molecule has 0 bridgehead atoms. The molecule has 1 atom stereocenters. The van der Waals surface area contributed by atoms with E-state index >= 15 is 0 Å². The number of aromatic amines is 1. The molecule has 2 aromatic carbocycles. The zero-order valence-electron chi connectivity index (χ0n) is 15.5. The van der Waals surface area contributed by atoms with Gasteiger partial charge in [0.05, 0.1) is 6.04 Å². The smallest absolute Gasteiger partial charge is 0.222 e. The van der Waals surface area contributed by atoms with Gasteiger partial charge in [0.1, 0.15) is 11.6 Å². The molecule has 0 unspecified atom stereocenters. The molecule has 5 nitrogen and oxygen atoms in total. The summed E-state index contributed by atoms with van der Waals surface area (Å²) in [4.78, 5) is 12.3. The van der Waals surface area contributed by atoms with Gasteiger partial charge in [0.2, 0.25) is 5.91 Å². The summed E-state index contributed by atoms with van der Waals surface area (Å²) >= 11 is 5.27. The van der Waals surface area contributed by atoms with E-state index in [-0.39, 0.29) is 17.9 Å². The van der Waals surface area contributed by atoms with Gasteiger partial charge in [-0.15, -0.1) is 0 Å². The number of nitrogens with one attached hydrogen (secondary N) is 2. The third-order valence-corrected chi connectivity index (χ3v) is 4.75. The molecule has 8 heteroatoms. The van der Waals surface area contributed by atoms with Crippen LogP contribution in [0.4, 0.5) is 8.78 Å². The highest BCUT2D eigenvalue weighted by Crippen LogP contribution is 2.20. The number of H-pyrrole nitrogens is 1. The van der Waals surface area contributed by atoms with Gasteiger partial charge in [-0.2, -0.15) is 5.10 Å². The van der Waals surface area contributed by atoms with Gasteiger partial charge in [0.15, 0.2) is 10.6 Å². The minimum atomic E-state index is -0.688. The van der Waals surface area contributed by atoms with Crippen molar-refractivity contribution >= 4 is 18.1 Å². The minimum absolute atomic E-state index is 0.139. The molecule has 3 aromatic rings. The predicted octanol–water partition coefficient (Wildman–Crippen LogP) is 4.46. The summed E-state index contributed by atoms with van der Waals surface area (Å²) in [5, 5.41) is 9.73. The second kappa shape index (κ2) is 8.43. The Bertz CT molecular complexity index is 1040. The maximum Gasteiger partial charge on any atom is 0.222 e. The Morgan fingerprint density at radius 3 is 2.64 bits per heavy atom. The highest BCUT2D eigenvalue weighted by Gasteiger charge is 2.15. The number of nitrogens with zero attached hydrogens (tertiary/aromatic N) is 2. The van der Waals surface area contributed by atoms with Crippen LogP contribution in [0.2, 0.25) is 0 Å². The summed E-state index contributed by atoms with van der Waals surface area (Å²) in [6.45, 7) is 3.97. The first-order valence-electron chi connectivity index (χ1n) is 8.81. The van der Waals surface area contributed by atoms with E-state index in [1.165, 1.54) is 12.1 Å². The number of carbonyl (C=O) groups excluding carboxylic acids is 1.